The number of imidazole rings is 1. The summed E-state index contributed by atoms with van der Waals surface area (Å²) < 4.78 is 38.4. The van der Waals surface area contributed by atoms with E-state index < -0.39 is 11.7 Å². The van der Waals surface area contributed by atoms with Crippen LogP contribution in [0.15, 0.2) is 35.6 Å². The Kier molecular flexibility index (Phi) is 6.23. The van der Waals surface area contributed by atoms with E-state index in [0.717, 1.165) is 23.3 Å². The molecule has 0 saturated carbocycles. The van der Waals surface area contributed by atoms with Gasteiger partial charge >= 0.3 is 6.18 Å². The number of aromatic amines is 1. The van der Waals surface area contributed by atoms with Crippen molar-refractivity contribution in [3.05, 3.63) is 46.1 Å². The van der Waals surface area contributed by atoms with Crippen molar-refractivity contribution in [2.24, 2.45) is 0 Å². The standard InChI is InChI=1S/C19H16Cl2F3N5OS/c20-12-1-2-14-15(8-12)27-18(26-14)31-10-16(30)28-3-5-29(6-4-28)17-13(21)7-11(9-25-17)19(22,23)24/h1-2,7-9H,3-6,10H2,(H,26,27). The molecule has 12 heteroatoms. The van der Waals surface area contributed by atoms with E-state index >= 15 is 0 Å². The predicted octanol–water partition coefficient (Wildman–Crippen LogP) is 4.72. The van der Waals surface area contributed by atoms with Crippen molar-refractivity contribution < 1.29 is 18.0 Å². The fraction of sp³-hybridized carbons (Fsp3) is 0.316. The van der Waals surface area contributed by atoms with E-state index in [1.165, 1.54) is 11.8 Å². The van der Waals surface area contributed by atoms with Crippen molar-refractivity contribution in [3.63, 3.8) is 0 Å². The molecule has 0 bridgehead atoms. The normalized spacial score (nSPS) is 15.0. The van der Waals surface area contributed by atoms with Crippen LogP contribution in [-0.4, -0.2) is 57.7 Å². The molecule has 1 aromatic carbocycles. The Morgan fingerprint density at radius 1 is 1.16 bits per heavy atom. The Hall–Kier alpha value is -2.17. The Morgan fingerprint density at radius 2 is 1.90 bits per heavy atom. The van der Waals surface area contributed by atoms with Gasteiger partial charge in [-0.3, -0.25) is 4.79 Å². The summed E-state index contributed by atoms with van der Waals surface area (Å²) >= 11 is 13.3. The smallest absolute Gasteiger partial charge is 0.352 e. The third kappa shape index (κ3) is 5.02. The molecular formula is C19H16Cl2F3N5OS. The second-order valence-electron chi connectivity index (χ2n) is 6.89. The first-order valence-corrected chi connectivity index (χ1v) is 11.0. The van der Waals surface area contributed by atoms with Gasteiger partial charge in [0.2, 0.25) is 5.91 Å². The lowest BCUT2D eigenvalue weighted by Crippen LogP contribution is -2.49. The third-order valence-corrected chi connectivity index (χ3v) is 6.21. The molecule has 0 aliphatic carbocycles. The number of alkyl halides is 3. The third-order valence-electron chi connectivity index (χ3n) is 4.84. The van der Waals surface area contributed by atoms with Crippen LogP contribution in [0.25, 0.3) is 11.0 Å². The summed E-state index contributed by atoms with van der Waals surface area (Å²) in [4.78, 5) is 27.5. The van der Waals surface area contributed by atoms with Gasteiger partial charge in [0.25, 0.3) is 0 Å². The summed E-state index contributed by atoms with van der Waals surface area (Å²) in [6.07, 6.45) is -3.72. The van der Waals surface area contributed by atoms with Crippen LogP contribution in [0.1, 0.15) is 5.56 Å². The maximum absolute atomic E-state index is 12.8. The molecule has 0 unspecified atom stereocenters. The van der Waals surface area contributed by atoms with E-state index in [2.05, 4.69) is 15.0 Å². The van der Waals surface area contributed by atoms with E-state index in [1.807, 2.05) is 0 Å². The van der Waals surface area contributed by atoms with Gasteiger partial charge in [-0.15, -0.1) is 0 Å². The molecule has 2 aromatic heterocycles. The number of H-pyrrole nitrogens is 1. The van der Waals surface area contributed by atoms with Crippen LogP contribution in [-0.2, 0) is 11.0 Å². The summed E-state index contributed by atoms with van der Waals surface area (Å²) in [7, 11) is 0. The van der Waals surface area contributed by atoms with Gasteiger partial charge in [0.05, 0.1) is 27.4 Å². The SMILES string of the molecule is O=C(CSc1nc2ccc(Cl)cc2[nH]1)N1CCN(c2ncc(C(F)(F)F)cc2Cl)CC1. The van der Waals surface area contributed by atoms with Crippen LogP contribution in [0.5, 0.6) is 0 Å². The van der Waals surface area contributed by atoms with Gasteiger partial charge in [-0.05, 0) is 24.3 Å². The molecule has 3 heterocycles. The predicted molar refractivity (Wildman–Crippen MR) is 115 cm³/mol. The number of anilines is 1. The molecule has 3 aromatic rings. The second kappa shape index (κ2) is 8.76. The molecule has 1 fully saturated rings. The summed E-state index contributed by atoms with van der Waals surface area (Å²) in [5, 5.41) is 1.17. The van der Waals surface area contributed by atoms with Gasteiger partial charge in [0, 0.05) is 37.4 Å². The minimum absolute atomic E-state index is 0.0467. The Labute approximate surface area is 189 Å². The molecule has 0 atom stereocenters. The van der Waals surface area contributed by atoms with E-state index in [9.17, 15) is 18.0 Å². The Bertz CT molecular complexity index is 1120. The highest BCUT2D eigenvalue weighted by molar-refractivity contribution is 7.99. The fourth-order valence-corrected chi connectivity index (χ4v) is 4.48. The number of aromatic nitrogens is 3. The maximum atomic E-state index is 12.8. The number of thioether (sulfide) groups is 1. The summed E-state index contributed by atoms with van der Waals surface area (Å²) in [5.74, 6) is 0.457. The average Bonchev–Trinajstić information content (AvgIpc) is 3.13. The quantitative estimate of drug-likeness (QED) is 0.537. The van der Waals surface area contributed by atoms with Crippen LogP contribution in [0.4, 0.5) is 19.0 Å². The van der Waals surface area contributed by atoms with Crippen LogP contribution in [0.2, 0.25) is 10.0 Å². The van der Waals surface area contributed by atoms with Gasteiger partial charge < -0.3 is 14.8 Å². The molecular weight excluding hydrogens is 474 g/mol. The topological polar surface area (TPSA) is 65.1 Å². The molecule has 1 saturated heterocycles. The van der Waals surface area contributed by atoms with E-state index in [1.54, 1.807) is 28.0 Å². The summed E-state index contributed by atoms with van der Waals surface area (Å²) in [6, 6.07) is 6.20. The molecule has 0 radical (unpaired) electrons. The van der Waals surface area contributed by atoms with Crippen LogP contribution in [0.3, 0.4) is 0 Å². The average molecular weight is 490 g/mol. The number of amides is 1. The Morgan fingerprint density at radius 3 is 2.58 bits per heavy atom. The number of carbonyl (C=O) groups is 1. The molecule has 1 amide bonds. The highest BCUT2D eigenvalue weighted by Gasteiger charge is 2.32. The highest BCUT2D eigenvalue weighted by Crippen LogP contribution is 2.33. The number of hydrogen-bond donors (Lipinski definition) is 1. The van der Waals surface area contributed by atoms with Crippen LogP contribution < -0.4 is 4.90 Å². The molecule has 1 aliphatic rings. The minimum atomic E-state index is -4.50. The first-order chi connectivity index (χ1) is 14.7. The van der Waals surface area contributed by atoms with E-state index in [0.29, 0.717) is 36.4 Å². The summed E-state index contributed by atoms with van der Waals surface area (Å²) in [5.41, 5.74) is 0.686. The number of nitrogens with one attached hydrogen (secondary N) is 1. The lowest BCUT2D eigenvalue weighted by Gasteiger charge is -2.35. The van der Waals surface area contributed by atoms with Gasteiger partial charge in [-0.25, -0.2) is 9.97 Å². The second-order valence-corrected chi connectivity index (χ2v) is 8.69. The zero-order valence-corrected chi connectivity index (χ0v) is 18.2. The molecule has 6 nitrogen and oxygen atoms in total. The van der Waals surface area contributed by atoms with E-state index in [4.69, 9.17) is 23.2 Å². The molecule has 31 heavy (non-hydrogen) atoms. The number of hydrogen-bond acceptors (Lipinski definition) is 5. The van der Waals surface area contributed by atoms with Gasteiger partial charge in [-0.1, -0.05) is 35.0 Å². The van der Waals surface area contributed by atoms with Gasteiger partial charge in [0.1, 0.15) is 5.82 Å². The van der Waals surface area contributed by atoms with Crippen molar-refractivity contribution in [1.82, 2.24) is 19.9 Å². The zero-order chi connectivity index (χ0) is 22.2. The Balaban J connectivity index is 1.32. The molecule has 1 aliphatic heterocycles. The molecule has 164 valence electrons. The van der Waals surface area contributed by atoms with Crippen molar-refractivity contribution in [2.45, 2.75) is 11.3 Å². The minimum Gasteiger partial charge on any atom is -0.352 e. The van der Waals surface area contributed by atoms with E-state index in [-0.39, 0.29) is 22.5 Å². The fourth-order valence-electron chi connectivity index (χ4n) is 3.23. The number of benzene rings is 1. The van der Waals surface area contributed by atoms with Crippen molar-refractivity contribution in [2.75, 3.05) is 36.8 Å². The first kappa shape index (κ1) is 22.0. The number of nitrogens with zero attached hydrogens (tertiary/aromatic N) is 4. The largest absolute Gasteiger partial charge is 0.417 e. The number of pyridine rings is 1. The van der Waals surface area contributed by atoms with Crippen molar-refractivity contribution in [3.8, 4) is 0 Å². The number of rotatable bonds is 4. The van der Waals surface area contributed by atoms with Crippen LogP contribution >= 0.6 is 35.0 Å². The monoisotopic (exact) mass is 489 g/mol. The number of piperazine rings is 1. The van der Waals surface area contributed by atoms with Crippen molar-refractivity contribution >= 4 is 57.7 Å². The number of halogens is 5. The maximum Gasteiger partial charge on any atom is 0.417 e. The highest BCUT2D eigenvalue weighted by atomic mass is 35.5. The number of carbonyl (C=O) groups excluding carboxylic acids is 1. The van der Waals surface area contributed by atoms with Gasteiger partial charge in [0.15, 0.2) is 5.16 Å². The number of fused-ring (bicyclic) bond motifs is 1. The molecule has 4 rings (SSSR count). The molecule has 0 spiro atoms. The van der Waals surface area contributed by atoms with Crippen LogP contribution in [0, 0.1) is 0 Å². The zero-order valence-electron chi connectivity index (χ0n) is 15.9. The van der Waals surface area contributed by atoms with Gasteiger partial charge in [-0.2, -0.15) is 13.2 Å². The summed E-state index contributed by atoms with van der Waals surface area (Å²) in [6.45, 7) is 1.71. The molecule has 1 N–H and O–H groups in total. The van der Waals surface area contributed by atoms with Crippen molar-refractivity contribution in [1.29, 1.82) is 0 Å². The lowest BCUT2D eigenvalue weighted by molar-refractivity contribution is -0.137. The lowest BCUT2D eigenvalue weighted by atomic mass is 10.2. The first-order valence-electron chi connectivity index (χ1n) is 9.24.